The van der Waals surface area contributed by atoms with Gasteiger partial charge in [-0.2, -0.15) is 0 Å². The Balaban J connectivity index is 1.73. The van der Waals surface area contributed by atoms with E-state index in [9.17, 15) is 0 Å². The Bertz CT molecular complexity index is 429. The predicted octanol–water partition coefficient (Wildman–Crippen LogP) is 3.26. The molecule has 0 spiro atoms. The van der Waals surface area contributed by atoms with Crippen LogP contribution in [0.25, 0.3) is 0 Å². The molecule has 1 aliphatic rings. The maximum Gasteiger partial charge on any atom is 0.191 e. The number of thioether (sulfide) groups is 1. The minimum absolute atomic E-state index is 0.499. The number of nitrogens with zero attached hydrogens (tertiary/aromatic N) is 1. The summed E-state index contributed by atoms with van der Waals surface area (Å²) < 4.78 is 1.12. The van der Waals surface area contributed by atoms with Crippen LogP contribution in [0.4, 0.5) is 0 Å². The highest BCUT2D eigenvalue weighted by Crippen LogP contribution is 2.24. The van der Waals surface area contributed by atoms with Crippen molar-refractivity contribution in [2.45, 2.75) is 36.0 Å². The largest absolute Gasteiger partial charge is 0.355 e. The Labute approximate surface area is 127 Å². The predicted molar refractivity (Wildman–Crippen MR) is 87.0 cm³/mol. The molecule has 2 rings (SSSR count). The van der Waals surface area contributed by atoms with Crippen molar-refractivity contribution < 1.29 is 0 Å². The normalized spacial score (nSPS) is 17.1. The molecule has 1 aliphatic carbocycles. The van der Waals surface area contributed by atoms with E-state index in [1.54, 1.807) is 0 Å². The molecule has 5 heteroatoms. The first-order valence-corrected chi connectivity index (χ1v) is 8.24. The van der Waals surface area contributed by atoms with Crippen LogP contribution in [-0.2, 0) is 0 Å². The molecule has 0 amide bonds. The van der Waals surface area contributed by atoms with Crippen LogP contribution in [0.1, 0.15) is 19.8 Å². The van der Waals surface area contributed by atoms with Crippen LogP contribution in [-0.4, -0.2) is 30.8 Å². The lowest BCUT2D eigenvalue weighted by Crippen LogP contribution is -2.40. The van der Waals surface area contributed by atoms with Gasteiger partial charge in [0.05, 0.1) is 0 Å². The van der Waals surface area contributed by atoms with Crippen LogP contribution in [0.2, 0.25) is 0 Å². The van der Waals surface area contributed by atoms with Crippen LogP contribution in [0.5, 0.6) is 0 Å². The van der Waals surface area contributed by atoms with Gasteiger partial charge < -0.3 is 10.6 Å². The van der Waals surface area contributed by atoms with Gasteiger partial charge >= 0.3 is 0 Å². The molecule has 0 aliphatic heterocycles. The van der Waals surface area contributed by atoms with E-state index in [0.29, 0.717) is 11.3 Å². The third kappa shape index (κ3) is 5.45. The summed E-state index contributed by atoms with van der Waals surface area (Å²) in [7, 11) is 1.82. The van der Waals surface area contributed by atoms with Gasteiger partial charge in [0, 0.05) is 34.3 Å². The first kappa shape index (κ1) is 14.7. The van der Waals surface area contributed by atoms with Crippen LogP contribution in [0, 0.1) is 0 Å². The molecular formula is C14H20BrN3S. The topological polar surface area (TPSA) is 36.4 Å². The van der Waals surface area contributed by atoms with Crippen LogP contribution in [0.3, 0.4) is 0 Å². The molecule has 104 valence electrons. The van der Waals surface area contributed by atoms with Crippen molar-refractivity contribution in [1.29, 1.82) is 0 Å². The van der Waals surface area contributed by atoms with Gasteiger partial charge in [-0.3, -0.25) is 4.99 Å². The minimum Gasteiger partial charge on any atom is -0.355 e. The van der Waals surface area contributed by atoms with Gasteiger partial charge in [-0.1, -0.05) is 22.9 Å². The fourth-order valence-electron chi connectivity index (χ4n) is 1.64. The molecule has 0 bridgehead atoms. The van der Waals surface area contributed by atoms with E-state index in [4.69, 9.17) is 0 Å². The van der Waals surface area contributed by atoms with E-state index >= 15 is 0 Å². The second-order valence-corrected chi connectivity index (χ2v) is 7.18. The monoisotopic (exact) mass is 341 g/mol. The van der Waals surface area contributed by atoms with E-state index in [0.717, 1.165) is 17.0 Å². The molecule has 0 radical (unpaired) electrons. The molecule has 1 unspecified atom stereocenters. The van der Waals surface area contributed by atoms with Crippen molar-refractivity contribution >= 4 is 33.7 Å². The number of benzene rings is 1. The van der Waals surface area contributed by atoms with E-state index in [1.807, 2.05) is 18.8 Å². The zero-order valence-corrected chi connectivity index (χ0v) is 13.7. The first-order valence-electron chi connectivity index (χ1n) is 6.57. The summed E-state index contributed by atoms with van der Waals surface area (Å²) in [5.41, 5.74) is 0. The Morgan fingerprint density at radius 3 is 2.68 bits per heavy atom. The smallest absolute Gasteiger partial charge is 0.191 e. The summed E-state index contributed by atoms with van der Waals surface area (Å²) in [5.74, 6) is 0.922. The zero-order valence-electron chi connectivity index (χ0n) is 11.3. The zero-order chi connectivity index (χ0) is 13.7. The quantitative estimate of drug-likeness (QED) is 0.490. The number of guanidine groups is 1. The van der Waals surface area contributed by atoms with Crippen molar-refractivity contribution in [3.8, 4) is 0 Å². The first-order chi connectivity index (χ1) is 9.17. The maximum absolute atomic E-state index is 4.24. The van der Waals surface area contributed by atoms with Gasteiger partial charge in [-0.25, -0.2) is 0 Å². The highest BCUT2D eigenvalue weighted by molar-refractivity contribution is 9.10. The fourth-order valence-corrected chi connectivity index (χ4v) is 2.83. The summed E-state index contributed by atoms with van der Waals surface area (Å²) in [5, 5.41) is 7.27. The Morgan fingerprint density at radius 1 is 1.42 bits per heavy atom. The minimum atomic E-state index is 0.499. The van der Waals surface area contributed by atoms with Crippen molar-refractivity contribution in [2.24, 2.45) is 4.99 Å². The lowest BCUT2D eigenvalue weighted by molar-refractivity contribution is 0.787. The van der Waals surface area contributed by atoms with Gasteiger partial charge in [0.15, 0.2) is 5.96 Å². The average molecular weight is 342 g/mol. The molecule has 19 heavy (non-hydrogen) atoms. The number of aliphatic imine (C=N–C) groups is 1. The highest BCUT2D eigenvalue weighted by Gasteiger charge is 2.22. The number of hydrogen-bond donors (Lipinski definition) is 2. The molecule has 2 N–H and O–H groups in total. The Morgan fingerprint density at radius 2 is 2.11 bits per heavy atom. The average Bonchev–Trinajstić information content (AvgIpc) is 3.21. The molecule has 1 fully saturated rings. The SMILES string of the molecule is CN=C(NCC(C)Sc1ccc(Br)cc1)NC1CC1. The Hall–Kier alpha value is -0.680. The molecular weight excluding hydrogens is 322 g/mol. The molecule has 1 saturated carbocycles. The van der Waals surface area contributed by atoms with Crippen LogP contribution in [0.15, 0.2) is 38.6 Å². The van der Waals surface area contributed by atoms with Crippen LogP contribution < -0.4 is 10.6 Å². The van der Waals surface area contributed by atoms with E-state index in [1.165, 1.54) is 17.7 Å². The van der Waals surface area contributed by atoms with E-state index in [2.05, 4.69) is 62.7 Å². The lowest BCUT2D eigenvalue weighted by Gasteiger charge is -2.15. The molecule has 0 aromatic heterocycles. The summed E-state index contributed by atoms with van der Waals surface area (Å²) in [6, 6.07) is 9.08. The summed E-state index contributed by atoms with van der Waals surface area (Å²) in [6.07, 6.45) is 2.54. The second kappa shape index (κ2) is 7.20. The van der Waals surface area contributed by atoms with Gasteiger partial charge in [-0.05, 0) is 37.1 Å². The molecule has 1 atom stereocenters. The molecule has 1 aromatic carbocycles. The highest BCUT2D eigenvalue weighted by atomic mass is 79.9. The van der Waals surface area contributed by atoms with E-state index in [-0.39, 0.29) is 0 Å². The summed E-state index contributed by atoms with van der Waals surface area (Å²) >= 11 is 5.33. The van der Waals surface area contributed by atoms with Crippen molar-refractivity contribution in [3.63, 3.8) is 0 Å². The number of hydrogen-bond acceptors (Lipinski definition) is 2. The molecule has 0 heterocycles. The molecule has 1 aromatic rings. The maximum atomic E-state index is 4.24. The third-order valence-corrected chi connectivity index (χ3v) is 4.49. The molecule has 0 saturated heterocycles. The van der Waals surface area contributed by atoms with Gasteiger partial charge in [0.25, 0.3) is 0 Å². The van der Waals surface area contributed by atoms with Crippen molar-refractivity contribution in [1.82, 2.24) is 10.6 Å². The lowest BCUT2D eigenvalue weighted by atomic mass is 10.4. The van der Waals surface area contributed by atoms with E-state index < -0.39 is 0 Å². The third-order valence-electron chi connectivity index (χ3n) is 2.85. The van der Waals surface area contributed by atoms with Crippen molar-refractivity contribution in [3.05, 3.63) is 28.7 Å². The summed E-state index contributed by atoms with van der Waals surface area (Å²) in [4.78, 5) is 5.53. The standard InChI is InChI=1S/C14H20BrN3S/c1-10(19-13-7-3-11(15)4-8-13)9-17-14(16-2)18-12-5-6-12/h3-4,7-8,10,12H,5-6,9H2,1-2H3,(H2,16,17,18). The van der Waals surface area contributed by atoms with Gasteiger partial charge in [0.1, 0.15) is 0 Å². The number of rotatable bonds is 5. The van der Waals surface area contributed by atoms with Crippen LogP contribution >= 0.6 is 27.7 Å². The van der Waals surface area contributed by atoms with Crippen molar-refractivity contribution in [2.75, 3.05) is 13.6 Å². The van der Waals surface area contributed by atoms with Gasteiger partial charge in [-0.15, -0.1) is 11.8 Å². The Kier molecular flexibility index (Phi) is 5.58. The fraction of sp³-hybridized carbons (Fsp3) is 0.500. The second-order valence-electron chi connectivity index (χ2n) is 4.75. The number of nitrogens with one attached hydrogen (secondary N) is 2. The summed E-state index contributed by atoms with van der Waals surface area (Å²) in [6.45, 7) is 3.14. The number of halogens is 1. The molecule has 3 nitrogen and oxygen atoms in total. The van der Waals surface area contributed by atoms with Gasteiger partial charge in [0.2, 0.25) is 0 Å².